The highest BCUT2D eigenvalue weighted by Crippen LogP contribution is 1.92. The molecule has 7 heteroatoms. The van der Waals surface area contributed by atoms with Gasteiger partial charge in [-0.1, -0.05) is 10.4 Å². The van der Waals surface area contributed by atoms with Gasteiger partial charge in [-0.15, -0.1) is 0 Å². The zero-order valence-corrected chi connectivity index (χ0v) is 4.98. The third-order valence-corrected chi connectivity index (χ3v) is 1.09. The van der Waals surface area contributed by atoms with Gasteiger partial charge in [-0.3, -0.25) is 15.6 Å². The van der Waals surface area contributed by atoms with Gasteiger partial charge in [0.05, 0.1) is 0 Å². The van der Waals surface area contributed by atoms with E-state index in [9.17, 15) is 4.79 Å². The first-order valence-electron chi connectivity index (χ1n) is 2.61. The molecule has 10 heavy (non-hydrogen) atoms. The molecule has 0 aliphatic carbocycles. The van der Waals surface area contributed by atoms with E-state index in [4.69, 9.17) is 10.8 Å². The van der Waals surface area contributed by atoms with E-state index in [1.165, 1.54) is 0 Å². The summed E-state index contributed by atoms with van der Waals surface area (Å²) in [4.78, 5) is 10.2. The molecule has 0 radical (unpaired) electrons. The highest BCUT2D eigenvalue weighted by molar-refractivity contribution is 5.74. The topological polar surface area (TPSA) is 112 Å². The smallest absolute Gasteiger partial charge is 0.324 e. The number of nitrogens with zero attached hydrogens (tertiary/aromatic N) is 2. The zero-order chi connectivity index (χ0) is 7.56. The van der Waals surface area contributed by atoms with Gasteiger partial charge in [0.2, 0.25) is 0 Å². The van der Waals surface area contributed by atoms with E-state index in [0.29, 0.717) is 0 Å². The molecule has 0 spiro atoms. The van der Waals surface area contributed by atoms with Gasteiger partial charge in [0.25, 0.3) is 0 Å². The molecule has 1 aliphatic heterocycles. The summed E-state index contributed by atoms with van der Waals surface area (Å²) in [7, 11) is 0. The molecule has 1 atom stereocenters. The van der Waals surface area contributed by atoms with E-state index >= 15 is 0 Å². The second-order valence-corrected chi connectivity index (χ2v) is 1.80. The highest BCUT2D eigenvalue weighted by atomic mass is 16.4. The van der Waals surface area contributed by atoms with Gasteiger partial charge in [-0.2, -0.15) is 0 Å². The van der Waals surface area contributed by atoms with Crippen LogP contribution in [0, 0.1) is 0 Å². The second-order valence-electron chi connectivity index (χ2n) is 1.80. The summed E-state index contributed by atoms with van der Waals surface area (Å²) >= 11 is 0. The largest absolute Gasteiger partial charge is 0.480 e. The SMILES string of the molecule is NC(C(=O)O)C1NN=NN1. The highest BCUT2D eigenvalue weighted by Gasteiger charge is 2.25. The average Bonchev–Trinajstić information content (AvgIpc) is 2.36. The monoisotopic (exact) mass is 145 g/mol. The molecular weight excluding hydrogens is 138 g/mol. The van der Waals surface area contributed by atoms with E-state index in [0.717, 1.165) is 0 Å². The van der Waals surface area contributed by atoms with E-state index in [2.05, 4.69) is 21.3 Å². The van der Waals surface area contributed by atoms with Gasteiger partial charge in [-0.05, 0) is 0 Å². The minimum Gasteiger partial charge on any atom is -0.480 e. The summed E-state index contributed by atoms with van der Waals surface area (Å²) in [5, 5.41) is 14.9. The minimum atomic E-state index is -1.10. The van der Waals surface area contributed by atoms with Crippen LogP contribution in [0.4, 0.5) is 0 Å². The molecule has 5 N–H and O–H groups in total. The average molecular weight is 145 g/mol. The Morgan fingerprint density at radius 1 is 1.60 bits per heavy atom. The van der Waals surface area contributed by atoms with Crippen molar-refractivity contribution < 1.29 is 9.90 Å². The third-order valence-electron chi connectivity index (χ3n) is 1.09. The minimum absolute atomic E-state index is 0.600. The lowest BCUT2D eigenvalue weighted by atomic mass is 10.2. The van der Waals surface area contributed by atoms with E-state index in [1.807, 2.05) is 0 Å². The van der Waals surface area contributed by atoms with E-state index < -0.39 is 18.2 Å². The fourth-order valence-electron chi connectivity index (χ4n) is 0.514. The van der Waals surface area contributed by atoms with Crippen LogP contribution in [0.25, 0.3) is 0 Å². The third kappa shape index (κ3) is 1.13. The van der Waals surface area contributed by atoms with Crippen molar-refractivity contribution in [1.29, 1.82) is 0 Å². The van der Waals surface area contributed by atoms with Crippen LogP contribution in [0.1, 0.15) is 0 Å². The Morgan fingerprint density at radius 2 is 2.10 bits per heavy atom. The Labute approximate surface area is 56.2 Å². The number of hydrogen-bond donors (Lipinski definition) is 4. The fourth-order valence-corrected chi connectivity index (χ4v) is 0.514. The van der Waals surface area contributed by atoms with Gasteiger partial charge >= 0.3 is 5.97 Å². The number of nitrogens with two attached hydrogens (primary N) is 1. The summed E-state index contributed by atoms with van der Waals surface area (Å²) in [5.41, 5.74) is 9.94. The van der Waals surface area contributed by atoms with Crippen molar-refractivity contribution >= 4 is 5.97 Å². The maximum atomic E-state index is 10.2. The summed E-state index contributed by atoms with van der Waals surface area (Å²) < 4.78 is 0. The van der Waals surface area contributed by atoms with Gasteiger partial charge < -0.3 is 10.8 Å². The van der Waals surface area contributed by atoms with Crippen LogP contribution in [0.2, 0.25) is 0 Å². The van der Waals surface area contributed by atoms with Crippen LogP contribution in [0.3, 0.4) is 0 Å². The summed E-state index contributed by atoms with van der Waals surface area (Å²) in [6.07, 6.45) is -0.600. The molecule has 0 bridgehead atoms. The Kier molecular flexibility index (Phi) is 1.67. The molecular formula is C3H7N5O2. The number of hydrogen-bond acceptors (Lipinski definition) is 6. The number of carboxylic acid groups (broad SMARTS) is 1. The van der Waals surface area contributed by atoms with Crippen molar-refractivity contribution in [2.75, 3.05) is 0 Å². The molecule has 0 amide bonds. The van der Waals surface area contributed by atoms with Gasteiger partial charge in [0, 0.05) is 0 Å². The van der Waals surface area contributed by atoms with Gasteiger partial charge in [0.1, 0.15) is 6.04 Å². The standard InChI is InChI=1S/C3H7N5O2/c4-1(3(9)10)2-5-7-8-6-2/h1-2H,4H2,(H,5,8)(H,6,7)(H,9,10). The van der Waals surface area contributed by atoms with Crippen molar-refractivity contribution in [2.45, 2.75) is 12.2 Å². The molecule has 0 aromatic carbocycles. The number of carboxylic acids is 1. The number of rotatable bonds is 2. The molecule has 7 nitrogen and oxygen atoms in total. The van der Waals surface area contributed by atoms with E-state index in [-0.39, 0.29) is 0 Å². The van der Waals surface area contributed by atoms with Gasteiger partial charge in [0.15, 0.2) is 6.17 Å². The zero-order valence-electron chi connectivity index (χ0n) is 4.98. The number of carbonyl (C=O) groups is 1. The Hall–Kier alpha value is -1.37. The molecule has 1 aliphatic rings. The first-order chi connectivity index (χ1) is 4.72. The van der Waals surface area contributed by atoms with Crippen molar-refractivity contribution in [2.24, 2.45) is 16.2 Å². The predicted molar refractivity (Wildman–Crippen MR) is 30.5 cm³/mol. The van der Waals surface area contributed by atoms with Gasteiger partial charge in [-0.25, -0.2) is 0 Å². The quantitative estimate of drug-likeness (QED) is 0.366. The Bertz CT molecular complexity index is 160. The first kappa shape index (κ1) is 6.75. The lowest BCUT2D eigenvalue weighted by Crippen LogP contribution is -2.52. The fraction of sp³-hybridized carbons (Fsp3) is 0.667. The maximum Gasteiger partial charge on any atom is 0.324 e. The molecule has 1 unspecified atom stereocenters. The van der Waals surface area contributed by atoms with Crippen molar-refractivity contribution in [3.63, 3.8) is 0 Å². The lowest BCUT2D eigenvalue weighted by Gasteiger charge is -2.12. The molecule has 0 saturated carbocycles. The normalized spacial score (nSPS) is 19.7. The predicted octanol–water partition coefficient (Wildman–Crippen LogP) is -1.80. The maximum absolute atomic E-state index is 10.2. The van der Waals surface area contributed by atoms with Crippen LogP contribution in [0.15, 0.2) is 10.4 Å². The number of nitrogens with one attached hydrogen (secondary N) is 2. The molecule has 1 rings (SSSR count). The van der Waals surface area contributed by atoms with Crippen LogP contribution < -0.4 is 16.6 Å². The lowest BCUT2D eigenvalue weighted by molar-refractivity contribution is -0.139. The molecule has 56 valence electrons. The summed E-state index contributed by atoms with van der Waals surface area (Å²) in [6.45, 7) is 0. The molecule has 0 aromatic rings. The molecule has 1 heterocycles. The van der Waals surface area contributed by atoms with Crippen LogP contribution in [0.5, 0.6) is 0 Å². The van der Waals surface area contributed by atoms with Crippen molar-refractivity contribution in [1.82, 2.24) is 10.9 Å². The summed E-state index contributed by atoms with van der Waals surface area (Å²) in [6, 6.07) is -1.03. The molecule has 0 saturated heterocycles. The number of aliphatic carboxylic acids is 1. The van der Waals surface area contributed by atoms with Crippen LogP contribution in [-0.4, -0.2) is 23.3 Å². The molecule has 0 aromatic heterocycles. The van der Waals surface area contributed by atoms with E-state index in [1.54, 1.807) is 0 Å². The Balaban J connectivity index is 2.42. The van der Waals surface area contributed by atoms with Crippen LogP contribution in [-0.2, 0) is 4.79 Å². The summed E-state index contributed by atoms with van der Waals surface area (Å²) in [5.74, 6) is -1.10. The first-order valence-corrected chi connectivity index (χ1v) is 2.61. The molecule has 0 fully saturated rings. The second kappa shape index (κ2) is 2.48. The van der Waals surface area contributed by atoms with Crippen molar-refractivity contribution in [3.05, 3.63) is 0 Å². The Morgan fingerprint density at radius 3 is 2.50 bits per heavy atom. The van der Waals surface area contributed by atoms with Crippen molar-refractivity contribution in [3.8, 4) is 0 Å². The van der Waals surface area contributed by atoms with Crippen LogP contribution >= 0.6 is 0 Å².